The van der Waals surface area contributed by atoms with Crippen LogP contribution in [0.2, 0.25) is 0 Å². The Kier molecular flexibility index (Phi) is 8.84. The van der Waals surface area contributed by atoms with Gasteiger partial charge < -0.3 is 0 Å². The summed E-state index contributed by atoms with van der Waals surface area (Å²) in [5.41, 5.74) is 0.774. The number of hydrogen-bond donors (Lipinski definition) is 0. The Morgan fingerprint density at radius 3 is 1.67 bits per heavy atom. The summed E-state index contributed by atoms with van der Waals surface area (Å²) < 4.78 is 170. The second kappa shape index (κ2) is 9.92. The molecule has 0 N–H and O–H groups in total. The van der Waals surface area contributed by atoms with Gasteiger partial charge in [0.1, 0.15) is 0 Å². The minimum absolute atomic E-state index is 0.0879. The van der Waals surface area contributed by atoms with Crippen molar-refractivity contribution in [3.8, 4) is 0 Å². The van der Waals surface area contributed by atoms with Crippen LogP contribution in [0.1, 0.15) is 37.7 Å². The van der Waals surface area contributed by atoms with Crippen molar-refractivity contribution in [2.45, 2.75) is 73.8 Å². The van der Waals surface area contributed by atoms with Crippen molar-refractivity contribution >= 4 is 10.1 Å². The van der Waals surface area contributed by atoms with Crippen LogP contribution < -0.4 is 0 Å². The van der Waals surface area contributed by atoms with Crippen molar-refractivity contribution in [3.05, 3.63) is 29.8 Å². The Morgan fingerprint density at radius 1 is 0.697 bits per heavy atom. The van der Waals surface area contributed by atoms with Crippen molar-refractivity contribution in [2.75, 3.05) is 6.61 Å². The van der Waals surface area contributed by atoms with E-state index in [0.29, 0.717) is 0 Å². The van der Waals surface area contributed by atoms with Crippen molar-refractivity contribution in [1.82, 2.24) is 0 Å². The minimum Gasteiger partial charge on any atom is -0.266 e. The lowest BCUT2D eigenvalue weighted by Crippen LogP contribution is -2.66. The molecular weight excluding hydrogens is 505 g/mol. The highest BCUT2D eigenvalue weighted by atomic mass is 32.2. The van der Waals surface area contributed by atoms with E-state index in [2.05, 4.69) is 4.18 Å². The molecule has 3 nitrogen and oxygen atoms in total. The van der Waals surface area contributed by atoms with Gasteiger partial charge in [0.15, 0.2) is 0 Å². The van der Waals surface area contributed by atoms with Crippen LogP contribution in [0.15, 0.2) is 29.2 Å². The predicted octanol–water partition coefficient (Wildman–Crippen LogP) is 6.75. The third kappa shape index (κ3) is 6.28. The van der Waals surface area contributed by atoms with Crippen molar-refractivity contribution in [3.63, 3.8) is 0 Å². The van der Waals surface area contributed by atoms with Gasteiger partial charge >= 0.3 is 29.9 Å². The zero-order chi connectivity index (χ0) is 25.9. The molecule has 0 aliphatic rings. The molecule has 15 heteroatoms. The molecule has 0 spiro atoms. The summed E-state index contributed by atoms with van der Waals surface area (Å²) in [6.07, 6.45) is -10.8. The van der Waals surface area contributed by atoms with E-state index in [4.69, 9.17) is 0 Å². The lowest BCUT2D eigenvalue weighted by atomic mass is 9.94. The van der Waals surface area contributed by atoms with E-state index >= 15 is 0 Å². The number of alkyl halides is 11. The molecule has 0 atom stereocenters. The van der Waals surface area contributed by atoms with Gasteiger partial charge in [-0.2, -0.15) is 56.7 Å². The maximum absolute atomic E-state index is 13.5. The van der Waals surface area contributed by atoms with Crippen molar-refractivity contribution in [2.24, 2.45) is 0 Å². The van der Waals surface area contributed by atoms with Gasteiger partial charge in [-0.05, 0) is 31.9 Å². The molecule has 0 radical (unpaired) electrons. The average molecular weight is 524 g/mol. The normalized spacial score (nSPS) is 14.5. The highest BCUT2D eigenvalue weighted by Gasteiger charge is 2.86. The molecule has 0 heterocycles. The van der Waals surface area contributed by atoms with Crippen LogP contribution in [0.3, 0.4) is 0 Å². The van der Waals surface area contributed by atoms with Crippen molar-refractivity contribution in [1.29, 1.82) is 0 Å². The number of unbranched alkanes of at least 4 members (excludes halogenated alkanes) is 3. The Balaban J connectivity index is 2.58. The molecule has 0 aliphatic carbocycles. The lowest BCUT2D eigenvalue weighted by molar-refractivity contribution is -0.422. The van der Waals surface area contributed by atoms with E-state index in [-0.39, 0.29) is 24.2 Å². The second-order valence-corrected chi connectivity index (χ2v) is 8.79. The molecule has 0 bridgehead atoms. The number of hydrogen-bond acceptors (Lipinski definition) is 3. The molecule has 0 saturated heterocycles. The van der Waals surface area contributed by atoms with Crippen LogP contribution in [-0.4, -0.2) is 44.9 Å². The highest BCUT2D eigenvalue weighted by Crippen LogP contribution is 2.58. The zero-order valence-electron chi connectivity index (χ0n) is 16.8. The fourth-order valence-electron chi connectivity index (χ4n) is 2.51. The summed E-state index contributed by atoms with van der Waals surface area (Å²) in [5.74, 6) is -27.7. The van der Waals surface area contributed by atoms with Gasteiger partial charge in [0.25, 0.3) is 10.1 Å². The van der Waals surface area contributed by atoms with Crippen LogP contribution in [0.4, 0.5) is 48.3 Å². The molecule has 0 aromatic heterocycles. The SMILES string of the molecule is Cc1ccc(S(=O)(=O)OCCCCCCC(F)(F)C(F)(F)C(F)(F)C(F)(F)C(F)(F)F)cc1. The molecule has 0 saturated carbocycles. The Hall–Kier alpha value is -1.64. The molecule has 1 aromatic carbocycles. The fourth-order valence-corrected chi connectivity index (χ4v) is 3.45. The smallest absolute Gasteiger partial charge is 0.266 e. The molecule has 192 valence electrons. The Morgan fingerprint density at radius 2 is 1.18 bits per heavy atom. The zero-order valence-corrected chi connectivity index (χ0v) is 17.7. The summed E-state index contributed by atoms with van der Waals surface area (Å²) in [6.45, 7) is 1.28. The fraction of sp³-hybridized carbons (Fsp3) is 0.667. The first-order valence-corrected chi connectivity index (χ1v) is 10.7. The third-order valence-corrected chi connectivity index (χ3v) is 5.86. The van der Waals surface area contributed by atoms with Gasteiger partial charge in [-0.3, -0.25) is 4.18 Å². The monoisotopic (exact) mass is 524 g/mol. The first-order valence-electron chi connectivity index (χ1n) is 9.25. The van der Waals surface area contributed by atoms with Gasteiger partial charge in [0, 0.05) is 6.42 Å². The molecular formula is C18H19F11O3S. The van der Waals surface area contributed by atoms with E-state index < -0.39 is 59.4 Å². The standard InChI is InChI=1S/C18H19F11O3S/c1-12-6-8-13(9-7-12)33(30,31)32-11-5-3-2-4-10-14(19,20)15(21,22)16(23,24)17(25,26)18(27,28)29/h6-9H,2-5,10-11H2,1H3. The van der Waals surface area contributed by atoms with Crippen LogP contribution >= 0.6 is 0 Å². The van der Waals surface area contributed by atoms with Gasteiger partial charge in [0.05, 0.1) is 11.5 Å². The topological polar surface area (TPSA) is 43.4 Å². The molecule has 0 amide bonds. The number of aryl methyl sites for hydroxylation is 1. The Bertz CT molecular complexity index is 879. The summed E-state index contributed by atoms with van der Waals surface area (Å²) in [6, 6.07) is 5.54. The van der Waals surface area contributed by atoms with E-state index in [1.165, 1.54) is 24.3 Å². The molecule has 0 unspecified atom stereocenters. The molecule has 0 fully saturated rings. The predicted molar refractivity (Wildman–Crippen MR) is 93.2 cm³/mol. The van der Waals surface area contributed by atoms with Gasteiger partial charge in [-0.15, -0.1) is 0 Å². The molecule has 1 rings (SSSR count). The van der Waals surface area contributed by atoms with Gasteiger partial charge in [0.2, 0.25) is 0 Å². The number of rotatable bonds is 12. The van der Waals surface area contributed by atoms with E-state index in [1.807, 2.05) is 0 Å². The lowest BCUT2D eigenvalue weighted by Gasteiger charge is -2.37. The van der Waals surface area contributed by atoms with E-state index in [0.717, 1.165) is 5.56 Å². The second-order valence-electron chi connectivity index (χ2n) is 7.18. The molecule has 0 aliphatic heterocycles. The number of halogens is 11. The first-order chi connectivity index (χ1) is 14.7. The third-order valence-electron chi connectivity index (χ3n) is 4.54. The summed E-state index contributed by atoms with van der Waals surface area (Å²) in [7, 11) is -4.12. The average Bonchev–Trinajstić information content (AvgIpc) is 2.66. The van der Waals surface area contributed by atoms with Crippen LogP contribution in [0.5, 0.6) is 0 Å². The van der Waals surface area contributed by atoms with Crippen LogP contribution in [0, 0.1) is 6.92 Å². The van der Waals surface area contributed by atoms with E-state index in [9.17, 15) is 56.7 Å². The maximum atomic E-state index is 13.5. The van der Waals surface area contributed by atoms with Crippen LogP contribution in [0.25, 0.3) is 0 Å². The molecule has 1 aromatic rings. The summed E-state index contributed by atoms with van der Waals surface area (Å²) in [4.78, 5) is -0.161. The Labute approximate surface area is 182 Å². The molecule has 33 heavy (non-hydrogen) atoms. The minimum atomic E-state index is -7.40. The number of benzene rings is 1. The summed E-state index contributed by atoms with van der Waals surface area (Å²) in [5, 5.41) is 0. The summed E-state index contributed by atoms with van der Waals surface area (Å²) >= 11 is 0. The van der Waals surface area contributed by atoms with Crippen LogP contribution in [-0.2, 0) is 14.3 Å². The quantitative estimate of drug-likeness (QED) is 0.173. The van der Waals surface area contributed by atoms with E-state index in [1.54, 1.807) is 6.92 Å². The first kappa shape index (κ1) is 29.4. The largest absolute Gasteiger partial charge is 0.460 e. The van der Waals surface area contributed by atoms with Gasteiger partial charge in [-0.25, -0.2) is 0 Å². The van der Waals surface area contributed by atoms with Crippen molar-refractivity contribution < 1.29 is 60.9 Å². The van der Waals surface area contributed by atoms with Gasteiger partial charge in [-0.1, -0.05) is 30.5 Å². The highest BCUT2D eigenvalue weighted by molar-refractivity contribution is 7.86. The maximum Gasteiger partial charge on any atom is 0.460 e.